The summed E-state index contributed by atoms with van der Waals surface area (Å²) >= 11 is 0. The van der Waals surface area contributed by atoms with Crippen LogP contribution in [0.3, 0.4) is 0 Å². The first-order chi connectivity index (χ1) is 13.5. The summed E-state index contributed by atoms with van der Waals surface area (Å²) in [5, 5.41) is 11.9. The average Bonchev–Trinajstić information content (AvgIpc) is 2.75. The zero-order chi connectivity index (χ0) is 20.8. The molecule has 3 heterocycles. The molecule has 3 aliphatic heterocycles. The van der Waals surface area contributed by atoms with E-state index in [4.69, 9.17) is 14.2 Å². The number of rotatable bonds is 0. The number of Topliss-reactive ketones (excluding diaryl/α,β-unsaturated/α-hetero) is 1. The van der Waals surface area contributed by atoms with Gasteiger partial charge in [0, 0.05) is 11.8 Å². The van der Waals surface area contributed by atoms with E-state index in [1.165, 1.54) is 0 Å². The Morgan fingerprint density at radius 1 is 1.17 bits per heavy atom. The highest BCUT2D eigenvalue weighted by Crippen LogP contribution is 2.78. The van der Waals surface area contributed by atoms with Crippen LogP contribution in [0.25, 0.3) is 0 Å². The van der Waals surface area contributed by atoms with E-state index in [9.17, 15) is 14.7 Å². The van der Waals surface area contributed by atoms with Gasteiger partial charge >= 0.3 is 0 Å². The second kappa shape index (κ2) is 4.77. The van der Waals surface area contributed by atoms with Crippen molar-refractivity contribution in [3.8, 4) is 0 Å². The van der Waals surface area contributed by atoms with Crippen molar-refractivity contribution in [2.24, 2.45) is 34.0 Å². The van der Waals surface area contributed by atoms with Gasteiger partial charge in [0.2, 0.25) is 5.79 Å². The first kappa shape index (κ1) is 18.4. The van der Waals surface area contributed by atoms with Crippen molar-refractivity contribution in [3.63, 3.8) is 0 Å². The fourth-order valence-electron chi connectivity index (χ4n) is 8.23. The topological polar surface area (TPSA) is 82.1 Å². The third-order valence-corrected chi connectivity index (χ3v) is 8.96. The lowest BCUT2D eigenvalue weighted by Gasteiger charge is -2.75. The molecule has 4 bridgehead atoms. The van der Waals surface area contributed by atoms with Crippen molar-refractivity contribution in [1.29, 1.82) is 0 Å². The highest BCUT2D eigenvalue weighted by molar-refractivity contribution is 6.07. The lowest BCUT2D eigenvalue weighted by Crippen LogP contribution is -2.88. The molecule has 3 saturated heterocycles. The molecule has 6 fully saturated rings. The van der Waals surface area contributed by atoms with Crippen LogP contribution in [-0.4, -0.2) is 47.1 Å². The van der Waals surface area contributed by atoms with Gasteiger partial charge in [-0.05, 0) is 49.7 Å². The molecule has 7 rings (SSSR count). The van der Waals surface area contributed by atoms with E-state index < -0.39 is 45.9 Å². The van der Waals surface area contributed by atoms with Crippen LogP contribution in [0.4, 0.5) is 0 Å². The van der Waals surface area contributed by atoms with E-state index in [0.29, 0.717) is 12.0 Å². The minimum Gasteiger partial charge on any atom is -0.387 e. The van der Waals surface area contributed by atoms with E-state index in [0.717, 1.165) is 6.42 Å². The minimum absolute atomic E-state index is 0.0547. The van der Waals surface area contributed by atoms with Crippen molar-refractivity contribution in [2.75, 3.05) is 6.61 Å². The molecular weight excluding hydrogens is 372 g/mol. The third kappa shape index (κ3) is 1.60. The number of allylic oxidation sites excluding steroid dienone is 2. The first-order valence-electron chi connectivity index (χ1n) is 10.6. The predicted octanol–water partition coefficient (Wildman–Crippen LogP) is 2.16. The number of ketones is 2. The van der Waals surface area contributed by atoms with Gasteiger partial charge in [0.05, 0.1) is 18.1 Å². The zero-order valence-corrected chi connectivity index (χ0v) is 17.4. The molecule has 0 aromatic carbocycles. The van der Waals surface area contributed by atoms with Crippen LogP contribution in [0.2, 0.25) is 0 Å². The second-order valence-corrected chi connectivity index (χ2v) is 10.9. The quantitative estimate of drug-likeness (QED) is 0.628. The van der Waals surface area contributed by atoms with Crippen molar-refractivity contribution in [1.82, 2.24) is 0 Å². The van der Waals surface area contributed by atoms with Gasteiger partial charge < -0.3 is 19.3 Å². The van der Waals surface area contributed by atoms with Crippen LogP contribution in [0, 0.1) is 34.0 Å². The number of hydrogen-bond acceptors (Lipinski definition) is 6. The Morgan fingerprint density at radius 3 is 2.62 bits per heavy atom. The van der Waals surface area contributed by atoms with Gasteiger partial charge in [0.1, 0.15) is 11.5 Å². The largest absolute Gasteiger partial charge is 0.387 e. The highest BCUT2D eigenvalue weighted by atomic mass is 16.8. The number of hydrogen-bond donors (Lipinski definition) is 1. The smallest absolute Gasteiger partial charge is 0.213 e. The van der Waals surface area contributed by atoms with Crippen LogP contribution >= 0.6 is 0 Å². The lowest BCUT2D eigenvalue weighted by atomic mass is 9.36. The Balaban J connectivity index is 1.71. The van der Waals surface area contributed by atoms with Gasteiger partial charge in [-0.25, -0.2) is 0 Å². The van der Waals surface area contributed by atoms with Crippen LogP contribution in [0.5, 0.6) is 0 Å². The standard InChI is InChI=1S/C23H28O6/c1-11-12-6-7-13-21-10-27-23(17(26)15(21)19(2,3)9-8-14(21)24)22(13,16(11)25)18(12)28-20(4,5)29-23/h8-9,12-13,15,17-18,26H,1,6-7,10H2,2-5H3/t12-,13-,15+,17-,18+,21+,22?,23+/m0/s1. The third-order valence-electron chi connectivity index (χ3n) is 8.96. The normalized spacial score (nSPS) is 55.6. The van der Waals surface area contributed by atoms with Crippen molar-refractivity contribution in [2.45, 2.75) is 64.3 Å². The summed E-state index contributed by atoms with van der Waals surface area (Å²) in [5.41, 5.74) is -2.11. The maximum absolute atomic E-state index is 13.9. The number of carbonyl (C=O) groups is 2. The van der Waals surface area contributed by atoms with Gasteiger partial charge in [0.15, 0.2) is 17.4 Å². The molecule has 3 spiro atoms. The minimum atomic E-state index is -1.53. The Labute approximate surface area is 170 Å². The van der Waals surface area contributed by atoms with Gasteiger partial charge in [-0.2, -0.15) is 0 Å². The summed E-state index contributed by atoms with van der Waals surface area (Å²) in [5.74, 6) is -3.61. The lowest BCUT2D eigenvalue weighted by molar-refractivity contribution is -0.521. The molecule has 6 nitrogen and oxygen atoms in total. The molecule has 0 amide bonds. The van der Waals surface area contributed by atoms with Crippen molar-refractivity contribution < 1.29 is 28.9 Å². The molecule has 0 aromatic heterocycles. The molecule has 156 valence electrons. The van der Waals surface area contributed by atoms with Gasteiger partial charge in [-0.15, -0.1) is 0 Å². The fraction of sp³-hybridized carbons (Fsp3) is 0.739. The molecule has 4 aliphatic carbocycles. The molecule has 3 saturated carbocycles. The molecule has 7 aliphatic rings. The number of fused-ring (bicyclic) bond motifs is 1. The van der Waals surface area contributed by atoms with Crippen LogP contribution in [0.1, 0.15) is 40.5 Å². The molecule has 6 heteroatoms. The van der Waals surface area contributed by atoms with E-state index in [2.05, 4.69) is 6.58 Å². The van der Waals surface area contributed by atoms with E-state index in [-0.39, 0.29) is 30.0 Å². The Bertz CT molecular complexity index is 916. The number of aliphatic hydroxyl groups is 1. The van der Waals surface area contributed by atoms with Crippen molar-refractivity contribution in [3.05, 3.63) is 24.3 Å². The molecule has 8 atom stereocenters. The molecular formula is C23H28O6. The van der Waals surface area contributed by atoms with Gasteiger partial charge in [-0.3, -0.25) is 9.59 Å². The second-order valence-electron chi connectivity index (χ2n) is 10.9. The van der Waals surface area contributed by atoms with Crippen molar-refractivity contribution >= 4 is 11.6 Å². The fourth-order valence-corrected chi connectivity index (χ4v) is 8.23. The molecule has 1 N–H and O–H groups in total. The number of carbonyl (C=O) groups excluding carboxylic acids is 2. The summed E-state index contributed by atoms with van der Waals surface area (Å²) in [6, 6.07) is 0. The summed E-state index contributed by atoms with van der Waals surface area (Å²) in [6.45, 7) is 11.9. The summed E-state index contributed by atoms with van der Waals surface area (Å²) in [6.07, 6.45) is 3.33. The van der Waals surface area contributed by atoms with Crippen LogP contribution in [-0.2, 0) is 23.8 Å². The average molecular weight is 400 g/mol. The van der Waals surface area contributed by atoms with E-state index >= 15 is 0 Å². The SMILES string of the molecule is C=C1C(=O)C23[C@@H]4OC(C)(C)O[C@@]25OC[C@]2(C(=O)C=CC(C)(C)[C@H]2[C@@H]5O)[C@@H]3CC[C@@H]14. The summed E-state index contributed by atoms with van der Waals surface area (Å²) < 4.78 is 19.1. The highest BCUT2D eigenvalue weighted by Gasteiger charge is 2.89. The Morgan fingerprint density at radius 2 is 1.90 bits per heavy atom. The monoisotopic (exact) mass is 400 g/mol. The number of aliphatic hydroxyl groups excluding tert-OH is 1. The Hall–Kier alpha value is -1.34. The summed E-state index contributed by atoms with van der Waals surface area (Å²) in [4.78, 5) is 27.4. The molecule has 0 radical (unpaired) electrons. The van der Waals surface area contributed by atoms with E-state index in [1.807, 2.05) is 19.9 Å². The van der Waals surface area contributed by atoms with Crippen LogP contribution in [0.15, 0.2) is 24.3 Å². The summed E-state index contributed by atoms with van der Waals surface area (Å²) in [7, 11) is 0. The Kier molecular flexibility index (Phi) is 3.03. The maximum Gasteiger partial charge on any atom is 0.213 e. The van der Waals surface area contributed by atoms with Gasteiger partial charge in [0.25, 0.3) is 0 Å². The first-order valence-corrected chi connectivity index (χ1v) is 10.6. The molecule has 0 aromatic rings. The van der Waals surface area contributed by atoms with Gasteiger partial charge in [-0.1, -0.05) is 26.5 Å². The predicted molar refractivity (Wildman–Crippen MR) is 101 cm³/mol. The number of ether oxygens (including phenoxy) is 3. The zero-order valence-electron chi connectivity index (χ0n) is 17.4. The van der Waals surface area contributed by atoms with Crippen LogP contribution < -0.4 is 0 Å². The molecule has 1 unspecified atom stereocenters. The van der Waals surface area contributed by atoms with E-state index in [1.54, 1.807) is 19.9 Å². The molecule has 29 heavy (non-hydrogen) atoms. The maximum atomic E-state index is 13.9.